The average Bonchev–Trinajstić information content (AvgIpc) is 3.44. The molecule has 0 spiro atoms. The fraction of sp³-hybridized carbons (Fsp3) is 0.0417. The number of benzene rings is 3. The monoisotopic (exact) mass is 444 g/mol. The van der Waals surface area contributed by atoms with Crippen molar-refractivity contribution in [3.05, 3.63) is 90.4 Å². The topological polar surface area (TPSA) is 69.0 Å². The summed E-state index contributed by atoms with van der Waals surface area (Å²) < 4.78 is 21.2. The molecule has 0 saturated carbocycles. The van der Waals surface area contributed by atoms with Crippen molar-refractivity contribution in [2.45, 2.75) is 0 Å². The van der Waals surface area contributed by atoms with Crippen molar-refractivity contribution in [3.8, 4) is 22.7 Å². The molecule has 5 rings (SSSR count). The number of carbonyl (C=O) groups excluding carboxylic acids is 1. The second-order valence-electron chi connectivity index (χ2n) is 6.99. The van der Waals surface area contributed by atoms with Gasteiger partial charge in [0.15, 0.2) is 5.13 Å². The van der Waals surface area contributed by atoms with Crippen LogP contribution in [0.5, 0.6) is 5.75 Å². The Kier molecular flexibility index (Phi) is 5.12. The molecule has 5 aromatic rings. The molecule has 0 aliphatic carbocycles. The summed E-state index contributed by atoms with van der Waals surface area (Å²) in [6.07, 6.45) is 1.67. The van der Waals surface area contributed by atoms with Crippen LogP contribution in [0.15, 0.2) is 79.0 Å². The Bertz CT molecular complexity index is 1410. The van der Waals surface area contributed by atoms with E-state index in [1.54, 1.807) is 30.1 Å². The first kappa shape index (κ1) is 19.9. The zero-order valence-electron chi connectivity index (χ0n) is 16.9. The van der Waals surface area contributed by atoms with Gasteiger partial charge >= 0.3 is 0 Å². The Hall–Kier alpha value is -4.04. The smallest absolute Gasteiger partial charge is 0.261 e. The number of fused-ring (bicyclic) bond motifs is 1. The molecule has 6 nitrogen and oxygen atoms in total. The molecule has 0 unspecified atom stereocenters. The van der Waals surface area contributed by atoms with Crippen molar-refractivity contribution in [1.29, 1.82) is 0 Å². The minimum absolute atomic E-state index is 0.350. The maximum Gasteiger partial charge on any atom is 0.261 e. The first-order valence-electron chi connectivity index (χ1n) is 9.78. The van der Waals surface area contributed by atoms with Gasteiger partial charge < -0.3 is 4.74 Å². The number of nitrogens with one attached hydrogen (secondary N) is 1. The molecule has 0 aliphatic heterocycles. The summed E-state index contributed by atoms with van der Waals surface area (Å²) in [5, 5.41) is 7.95. The van der Waals surface area contributed by atoms with E-state index in [0.29, 0.717) is 22.0 Å². The number of thiazole rings is 1. The van der Waals surface area contributed by atoms with Gasteiger partial charge in [-0.25, -0.2) is 14.1 Å². The highest BCUT2D eigenvalue weighted by Crippen LogP contribution is 2.30. The lowest BCUT2D eigenvalue weighted by atomic mass is 10.1. The third-order valence-corrected chi connectivity index (χ3v) is 5.85. The second-order valence-corrected chi connectivity index (χ2v) is 8.02. The number of hydrogen-bond donors (Lipinski definition) is 1. The van der Waals surface area contributed by atoms with Crippen molar-refractivity contribution in [2.75, 3.05) is 12.4 Å². The number of ether oxygens (including phenoxy) is 1. The minimum atomic E-state index is -0.354. The van der Waals surface area contributed by atoms with Crippen molar-refractivity contribution >= 4 is 32.6 Å². The summed E-state index contributed by atoms with van der Waals surface area (Å²) in [5.74, 6) is 0.0198. The van der Waals surface area contributed by atoms with Crippen LogP contribution in [0.4, 0.5) is 9.52 Å². The van der Waals surface area contributed by atoms with E-state index in [4.69, 9.17) is 4.74 Å². The van der Waals surface area contributed by atoms with Gasteiger partial charge in [-0.15, -0.1) is 0 Å². The van der Waals surface area contributed by atoms with Crippen LogP contribution in [-0.4, -0.2) is 27.8 Å². The maximum atomic E-state index is 13.5. The lowest BCUT2D eigenvalue weighted by Crippen LogP contribution is -2.12. The Morgan fingerprint density at radius 2 is 1.84 bits per heavy atom. The van der Waals surface area contributed by atoms with Crippen LogP contribution in [0.2, 0.25) is 0 Å². The number of amides is 1. The number of carbonyl (C=O) groups is 1. The van der Waals surface area contributed by atoms with Crippen LogP contribution < -0.4 is 10.1 Å². The van der Waals surface area contributed by atoms with Gasteiger partial charge in [0.1, 0.15) is 17.3 Å². The highest BCUT2D eigenvalue weighted by atomic mass is 32.1. The number of methoxy groups -OCH3 is 1. The molecule has 0 fully saturated rings. The zero-order valence-corrected chi connectivity index (χ0v) is 17.8. The fourth-order valence-electron chi connectivity index (χ4n) is 3.32. The summed E-state index contributed by atoms with van der Waals surface area (Å²) in [6, 6.07) is 20.9. The second kappa shape index (κ2) is 8.24. The number of halogens is 1. The van der Waals surface area contributed by atoms with E-state index in [1.165, 1.54) is 23.5 Å². The van der Waals surface area contributed by atoms with Crippen molar-refractivity contribution < 1.29 is 13.9 Å². The number of hydrogen-bond acceptors (Lipinski definition) is 5. The summed E-state index contributed by atoms with van der Waals surface area (Å²) in [6.45, 7) is 0. The maximum absolute atomic E-state index is 13.5. The highest BCUT2D eigenvalue weighted by Gasteiger charge is 2.20. The molecule has 2 aromatic heterocycles. The van der Waals surface area contributed by atoms with E-state index in [-0.39, 0.29) is 11.7 Å². The van der Waals surface area contributed by atoms with E-state index < -0.39 is 0 Å². The number of nitrogens with zero attached hydrogens (tertiary/aromatic N) is 3. The normalized spacial score (nSPS) is 10.9. The Morgan fingerprint density at radius 3 is 2.59 bits per heavy atom. The zero-order chi connectivity index (χ0) is 22.1. The average molecular weight is 444 g/mol. The molecule has 1 amide bonds. The van der Waals surface area contributed by atoms with Gasteiger partial charge in [0.2, 0.25) is 0 Å². The van der Waals surface area contributed by atoms with Crippen molar-refractivity contribution in [2.24, 2.45) is 0 Å². The summed E-state index contributed by atoms with van der Waals surface area (Å²) >= 11 is 1.36. The Balaban J connectivity index is 1.53. The SMILES string of the molecule is COc1ccc2nc(NC(=O)c3cn(-c4ccccc4)nc3-c3ccc(F)cc3)sc2c1. The largest absolute Gasteiger partial charge is 0.497 e. The lowest BCUT2D eigenvalue weighted by Gasteiger charge is -2.02. The van der Waals surface area contributed by atoms with Crippen LogP contribution in [0.1, 0.15) is 10.4 Å². The van der Waals surface area contributed by atoms with Gasteiger partial charge in [-0.1, -0.05) is 29.5 Å². The van der Waals surface area contributed by atoms with Gasteiger partial charge in [-0.2, -0.15) is 5.10 Å². The molecule has 158 valence electrons. The summed E-state index contributed by atoms with van der Waals surface area (Å²) in [5.41, 5.74) is 3.03. The van der Waals surface area contributed by atoms with Crippen LogP contribution in [0.3, 0.4) is 0 Å². The molecular weight excluding hydrogens is 427 g/mol. The number of anilines is 1. The van der Waals surface area contributed by atoms with E-state index in [1.807, 2.05) is 48.5 Å². The number of aromatic nitrogens is 3. The third-order valence-electron chi connectivity index (χ3n) is 4.91. The standard InChI is InChI=1S/C24H17FN4O2S/c1-31-18-11-12-20-21(13-18)32-24(26-20)27-23(30)19-14-29(17-5-3-2-4-6-17)28-22(19)15-7-9-16(25)10-8-15/h2-14H,1H3,(H,26,27,30). The van der Waals surface area contributed by atoms with Gasteiger partial charge in [0.05, 0.1) is 28.6 Å². The summed E-state index contributed by atoms with van der Waals surface area (Å²) in [4.78, 5) is 17.7. The van der Waals surface area contributed by atoms with Crippen molar-refractivity contribution in [1.82, 2.24) is 14.8 Å². The van der Waals surface area contributed by atoms with Gasteiger partial charge in [0.25, 0.3) is 5.91 Å². The van der Waals surface area contributed by atoms with E-state index in [0.717, 1.165) is 21.7 Å². The van der Waals surface area contributed by atoms with E-state index >= 15 is 0 Å². The first-order valence-corrected chi connectivity index (χ1v) is 10.6. The molecule has 32 heavy (non-hydrogen) atoms. The number of para-hydroxylation sites is 1. The molecule has 0 aliphatic rings. The van der Waals surface area contributed by atoms with Crippen molar-refractivity contribution in [3.63, 3.8) is 0 Å². The van der Waals surface area contributed by atoms with Crippen LogP contribution in [-0.2, 0) is 0 Å². The predicted molar refractivity (Wildman–Crippen MR) is 123 cm³/mol. The van der Waals surface area contributed by atoms with E-state index in [2.05, 4.69) is 15.4 Å². The molecule has 1 N–H and O–H groups in total. The van der Waals surface area contributed by atoms with Crippen LogP contribution in [0, 0.1) is 5.82 Å². The van der Waals surface area contributed by atoms with Gasteiger partial charge in [0, 0.05) is 11.8 Å². The molecule has 8 heteroatoms. The summed E-state index contributed by atoms with van der Waals surface area (Å²) in [7, 11) is 1.60. The third kappa shape index (κ3) is 3.83. The Morgan fingerprint density at radius 1 is 1.06 bits per heavy atom. The fourth-order valence-corrected chi connectivity index (χ4v) is 4.21. The van der Waals surface area contributed by atoms with Crippen LogP contribution in [0.25, 0.3) is 27.2 Å². The lowest BCUT2D eigenvalue weighted by molar-refractivity contribution is 0.102. The Labute approximate surface area is 186 Å². The molecule has 3 aromatic carbocycles. The number of rotatable bonds is 5. The quantitative estimate of drug-likeness (QED) is 0.386. The molecule has 0 bridgehead atoms. The highest BCUT2D eigenvalue weighted by molar-refractivity contribution is 7.22. The van der Waals surface area contributed by atoms with Crippen LogP contribution >= 0.6 is 11.3 Å². The minimum Gasteiger partial charge on any atom is -0.497 e. The molecule has 2 heterocycles. The van der Waals surface area contributed by atoms with E-state index in [9.17, 15) is 9.18 Å². The van der Waals surface area contributed by atoms with Gasteiger partial charge in [-0.3, -0.25) is 10.1 Å². The molecular formula is C24H17FN4O2S. The molecule has 0 saturated heterocycles. The first-order chi connectivity index (χ1) is 15.6. The molecule has 0 atom stereocenters. The van der Waals surface area contributed by atoms with Gasteiger partial charge in [-0.05, 0) is 54.6 Å². The molecule has 0 radical (unpaired) electrons. The predicted octanol–water partition coefficient (Wildman–Crippen LogP) is 5.55.